The first kappa shape index (κ1) is 12.0. The molecule has 1 saturated carbocycles. The lowest BCUT2D eigenvalue weighted by atomic mass is 9.59. The van der Waals surface area contributed by atoms with Gasteiger partial charge in [0.15, 0.2) is 0 Å². The lowest BCUT2D eigenvalue weighted by Crippen LogP contribution is -2.50. The molecule has 86 valence electrons. The summed E-state index contributed by atoms with van der Waals surface area (Å²) < 4.78 is 0. The topological polar surface area (TPSA) is 80.4 Å². The summed E-state index contributed by atoms with van der Waals surface area (Å²) in [6.07, 6.45) is 1.03. The van der Waals surface area contributed by atoms with Gasteiger partial charge < -0.3 is 10.8 Å². The molecule has 4 nitrogen and oxygen atoms in total. The Labute approximate surface area is 89.8 Å². The van der Waals surface area contributed by atoms with E-state index in [1.54, 1.807) is 13.8 Å². The number of nitrogens with two attached hydrogens (primary N) is 1. The van der Waals surface area contributed by atoms with E-state index in [9.17, 15) is 14.7 Å². The highest BCUT2D eigenvalue weighted by atomic mass is 16.4. The summed E-state index contributed by atoms with van der Waals surface area (Å²) in [4.78, 5) is 22.8. The molecule has 0 bridgehead atoms. The number of carboxylic acid groups (broad SMARTS) is 1. The number of amides is 1. The fourth-order valence-electron chi connectivity index (χ4n) is 2.54. The molecular weight excluding hydrogens is 194 g/mol. The maximum absolute atomic E-state index is 11.5. The van der Waals surface area contributed by atoms with Crippen LogP contribution < -0.4 is 5.73 Å². The molecule has 0 aliphatic heterocycles. The molecule has 2 atom stereocenters. The second kappa shape index (κ2) is 2.97. The Balaban J connectivity index is 3.26. The van der Waals surface area contributed by atoms with Crippen LogP contribution in [0.4, 0.5) is 0 Å². The molecule has 1 aliphatic carbocycles. The van der Waals surface area contributed by atoms with Crippen LogP contribution in [0.25, 0.3) is 0 Å². The van der Waals surface area contributed by atoms with Crippen LogP contribution in [-0.4, -0.2) is 17.0 Å². The Morgan fingerprint density at radius 1 is 1.07 bits per heavy atom. The minimum atomic E-state index is -0.878. The van der Waals surface area contributed by atoms with Gasteiger partial charge in [0.2, 0.25) is 5.91 Å². The van der Waals surface area contributed by atoms with Gasteiger partial charge in [-0.25, -0.2) is 0 Å². The van der Waals surface area contributed by atoms with E-state index in [1.165, 1.54) is 0 Å². The molecule has 0 aromatic carbocycles. The van der Waals surface area contributed by atoms with Crippen molar-refractivity contribution in [3.63, 3.8) is 0 Å². The monoisotopic (exact) mass is 213 g/mol. The second-order valence-corrected chi connectivity index (χ2v) is 5.46. The van der Waals surface area contributed by atoms with Crippen molar-refractivity contribution in [3.05, 3.63) is 0 Å². The smallest absolute Gasteiger partial charge is 0.309 e. The summed E-state index contributed by atoms with van der Waals surface area (Å²) in [6, 6.07) is 0. The highest BCUT2D eigenvalue weighted by Gasteiger charge is 2.64. The minimum Gasteiger partial charge on any atom is -0.481 e. The molecule has 0 aromatic rings. The van der Waals surface area contributed by atoms with E-state index in [1.807, 2.05) is 13.8 Å². The van der Waals surface area contributed by atoms with Crippen molar-refractivity contribution in [1.29, 1.82) is 0 Å². The van der Waals surface area contributed by atoms with Gasteiger partial charge >= 0.3 is 5.97 Å². The molecule has 1 aliphatic rings. The molecule has 1 rings (SSSR count). The Morgan fingerprint density at radius 3 is 1.67 bits per heavy atom. The summed E-state index contributed by atoms with van der Waals surface area (Å²) in [5.74, 6) is -1.25. The van der Waals surface area contributed by atoms with Crippen LogP contribution in [0.15, 0.2) is 0 Å². The zero-order chi connectivity index (χ0) is 12.1. The zero-order valence-corrected chi connectivity index (χ0v) is 9.76. The zero-order valence-electron chi connectivity index (χ0n) is 9.76. The fraction of sp³-hybridized carbons (Fsp3) is 0.818. The quantitative estimate of drug-likeness (QED) is 0.727. The van der Waals surface area contributed by atoms with Crippen LogP contribution in [0.2, 0.25) is 0 Å². The standard InChI is InChI=1S/C11H19NO3/c1-9(2)10(3,7(12)13)5-6-11(9,4)8(14)15/h5-6H2,1-4H3,(H2,12,13)(H,14,15)/t10-,11-/m1/s1. The maximum Gasteiger partial charge on any atom is 0.309 e. The third-order valence-electron chi connectivity index (χ3n) is 4.90. The molecule has 0 spiro atoms. The van der Waals surface area contributed by atoms with Crippen molar-refractivity contribution in [3.8, 4) is 0 Å². The molecule has 0 radical (unpaired) electrons. The summed E-state index contributed by atoms with van der Waals surface area (Å²) in [5.41, 5.74) is 3.16. The van der Waals surface area contributed by atoms with E-state index >= 15 is 0 Å². The average Bonchev–Trinajstić information content (AvgIpc) is 2.28. The summed E-state index contributed by atoms with van der Waals surface area (Å²) in [7, 11) is 0. The summed E-state index contributed by atoms with van der Waals surface area (Å²) in [6.45, 7) is 7.10. The first-order valence-electron chi connectivity index (χ1n) is 5.13. The van der Waals surface area contributed by atoms with Gasteiger partial charge in [-0.2, -0.15) is 0 Å². The van der Waals surface area contributed by atoms with Gasteiger partial charge in [-0.1, -0.05) is 20.8 Å². The molecule has 1 amide bonds. The number of primary amides is 1. The SMILES string of the molecule is CC1(C)[C@@](C)(C(N)=O)CC[C@]1(C)C(=O)O. The highest BCUT2D eigenvalue weighted by molar-refractivity contribution is 5.85. The number of rotatable bonds is 2. The third kappa shape index (κ3) is 1.20. The minimum absolute atomic E-state index is 0.405. The molecule has 0 unspecified atom stereocenters. The van der Waals surface area contributed by atoms with Crippen LogP contribution in [0.5, 0.6) is 0 Å². The highest BCUT2D eigenvalue weighted by Crippen LogP contribution is 2.62. The maximum atomic E-state index is 11.5. The Hall–Kier alpha value is -1.06. The Kier molecular flexibility index (Phi) is 2.38. The molecule has 0 saturated heterocycles. The van der Waals surface area contributed by atoms with Gasteiger partial charge in [0.05, 0.1) is 10.8 Å². The molecule has 0 heterocycles. The van der Waals surface area contributed by atoms with Crippen LogP contribution in [0.1, 0.15) is 40.5 Å². The van der Waals surface area contributed by atoms with Gasteiger partial charge in [-0.15, -0.1) is 0 Å². The van der Waals surface area contributed by atoms with Gasteiger partial charge in [0.1, 0.15) is 0 Å². The first-order chi connectivity index (χ1) is 6.59. The number of hydrogen-bond donors (Lipinski definition) is 2. The molecule has 4 heteroatoms. The van der Waals surface area contributed by atoms with Gasteiger partial charge in [0, 0.05) is 0 Å². The summed E-state index contributed by atoms with van der Waals surface area (Å²) >= 11 is 0. The van der Waals surface area contributed by atoms with Gasteiger partial charge in [0.25, 0.3) is 0 Å². The summed E-state index contributed by atoms with van der Waals surface area (Å²) in [5, 5.41) is 9.27. The molecule has 15 heavy (non-hydrogen) atoms. The van der Waals surface area contributed by atoms with Crippen molar-refractivity contribution < 1.29 is 14.7 Å². The largest absolute Gasteiger partial charge is 0.481 e. The Morgan fingerprint density at radius 2 is 1.47 bits per heavy atom. The van der Waals surface area contributed by atoms with E-state index < -0.39 is 28.1 Å². The van der Waals surface area contributed by atoms with Crippen LogP contribution in [0, 0.1) is 16.2 Å². The lowest BCUT2D eigenvalue weighted by Gasteiger charge is -2.43. The van der Waals surface area contributed by atoms with Crippen molar-refractivity contribution in [1.82, 2.24) is 0 Å². The van der Waals surface area contributed by atoms with Gasteiger partial charge in [-0.3, -0.25) is 9.59 Å². The first-order valence-corrected chi connectivity index (χ1v) is 5.13. The van der Waals surface area contributed by atoms with Crippen LogP contribution >= 0.6 is 0 Å². The van der Waals surface area contributed by atoms with E-state index in [2.05, 4.69) is 0 Å². The van der Waals surface area contributed by atoms with Gasteiger partial charge in [-0.05, 0) is 25.2 Å². The van der Waals surface area contributed by atoms with Crippen LogP contribution in [0.3, 0.4) is 0 Å². The normalized spacial score (nSPS) is 38.9. The number of aliphatic carboxylic acids is 1. The van der Waals surface area contributed by atoms with Crippen molar-refractivity contribution in [2.45, 2.75) is 40.5 Å². The number of carbonyl (C=O) groups is 2. The van der Waals surface area contributed by atoms with Crippen molar-refractivity contribution in [2.75, 3.05) is 0 Å². The second-order valence-electron chi connectivity index (χ2n) is 5.46. The predicted octanol–water partition coefficient (Wildman–Crippen LogP) is 1.39. The third-order valence-corrected chi connectivity index (χ3v) is 4.90. The molecule has 3 N–H and O–H groups in total. The number of carbonyl (C=O) groups excluding carboxylic acids is 1. The number of hydrogen-bond acceptors (Lipinski definition) is 2. The van der Waals surface area contributed by atoms with Crippen molar-refractivity contribution in [2.24, 2.45) is 22.0 Å². The van der Waals surface area contributed by atoms with E-state index in [-0.39, 0.29) is 0 Å². The van der Waals surface area contributed by atoms with E-state index in [4.69, 9.17) is 5.73 Å². The lowest BCUT2D eigenvalue weighted by molar-refractivity contribution is -0.158. The van der Waals surface area contributed by atoms with E-state index in [0.29, 0.717) is 12.8 Å². The Bertz CT molecular complexity index is 294. The van der Waals surface area contributed by atoms with Crippen LogP contribution in [-0.2, 0) is 9.59 Å². The predicted molar refractivity (Wildman–Crippen MR) is 56.1 cm³/mol. The van der Waals surface area contributed by atoms with Crippen molar-refractivity contribution >= 4 is 11.9 Å². The average molecular weight is 213 g/mol. The molecule has 1 fully saturated rings. The molecule has 0 aromatic heterocycles. The van der Waals surface area contributed by atoms with E-state index in [0.717, 1.165) is 0 Å². The molecular formula is C11H19NO3. The fourth-order valence-corrected chi connectivity index (χ4v) is 2.54. The number of carboxylic acids is 1.